The van der Waals surface area contributed by atoms with Gasteiger partial charge in [0.1, 0.15) is 22.8 Å². The summed E-state index contributed by atoms with van der Waals surface area (Å²) >= 11 is 0. The van der Waals surface area contributed by atoms with Crippen molar-refractivity contribution < 1.29 is 23.1 Å². The summed E-state index contributed by atoms with van der Waals surface area (Å²) in [7, 11) is 1.59. The van der Waals surface area contributed by atoms with Gasteiger partial charge in [0.25, 0.3) is 5.91 Å². The first kappa shape index (κ1) is 23.4. The Hall–Kier alpha value is -4.33. The zero-order valence-corrected chi connectivity index (χ0v) is 19.9. The van der Waals surface area contributed by atoms with Crippen molar-refractivity contribution >= 4 is 34.2 Å². The molecule has 0 aliphatic carbocycles. The second-order valence-electron chi connectivity index (χ2n) is 8.61. The number of hydrogen-bond acceptors (Lipinski definition) is 5. The number of amides is 2. The standard InChI is InChI=1S/C28H26FN3O4/c1-35-20-12-10-19(11-13-20)18-25(33)30-26-21-6-2-5-9-24(21)36-27(26)28(34)32-16-14-31(15-17-32)23-8-4-3-7-22(23)29/h2-13H,14-18H2,1H3,(H,30,33). The van der Waals surface area contributed by atoms with Gasteiger partial charge < -0.3 is 24.3 Å². The van der Waals surface area contributed by atoms with Crippen LogP contribution in [0.1, 0.15) is 16.1 Å². The van der Waals surface area contributed by atoms with Crippen molar-refractivity contribution in [2.45, 2.75) is 6.42 Å². The van der Waals surface area contributed by atoms with Crippen molar-refractivity contribution in [3.8, 4) is 5.75 Å². The number of carbonyl (C=O) groups excluding carboxylic acids is 2. The Morgan fingerprint density at radius 3 is 2.36 bits per heavy atom. The lowest BCUT2D eigenvalue weighted by molar-refractivity contribution is -0.115. The first-order valence-electron chi connectivity index (χ1n) is 11.8. The number of nitrogens with one attached hydrogen (secondary N) is 1. The zero-order valence-electron chi connectivity index (χ0n) is 19.9. The predicted octanol–water partition coefficient (Wildman–Crippen LogP) is 4.72. The third-order valence-electron chi connectivity index (χ3n) is 6.34. The quantitative estimate of drug-likeness (QED) is 0.426. The monoisotopic (exact) mass is 487 g/mol. The summed E-state index contributed by atoms with van der Waals surface area (Å²) in [5.41, 5.74) is 2.23. The van der Waals surface area contributed by atoms with Gasteiger partial charge in [0.05, 0.1) is 19.2 Å². The van der Waals surface area contributed by atoms with Crippen molar-refractivity contribution in [3.63, 3.8) is 0 Å². The number of halogens is 1. The highest BCUT2D eigenvalue weighted by Gasteiger charge is 2.29. The van der Waals surface area contributed by atoms with Crippen LogP contribution in [0, 0.1) is 5.82 Å². The fraction of sp³-hybridized carbons (Fsp3) is 0.214. The highest BCUT2D eigenvalue weighted by atomic mass is 19.1. The van der Waals surface area contributed by atoms with E-state index < -0.39 is 0 Å². The Morgan fingerprint density at radius 1 is 0.944 bits per heavy atom. The van der Waals surface area contributed by atoms with Crippen LogP contribution in [0.5, 0.6) is 5.75 Å². The fourth-order valence-electron chi connectivity index (χ4n) is 4.43. The summed E-state index contributed by atoms with van der Waals surface area (Å²) in [6.07, 6.45) is 0.137. The maximum atomic E-state index is 14.2. The number of ether oxygens (including phenoxy) is 1. The lowest BCUT2D eigenvalue weighted by Gasteiger charge is -2.35. The minimum atomic E-state index is -0.306. The Balaban J connectivity index is 1.33. The van der Waals surface area contributed by atoms with Gasteiger partial charge in [0, 0.05) is 31.6 Å². The second-order valence-corrected chi connectivity index (χ2v) is 8.61. The first-order valence-corrected chi connectivity index (χ1v) is 11.8. The molecule has 4 aromatic rings. The molecule has 0 bridgehead atoms. The number of nitrogens with zero attached hydrogens (tertiary/aromatic N) is 2. The summed E-state index contributed by atoms with van der Waals surface area (Å²) in [5.74, 6) is -0.0396. The van der Waals surface area contributed by atoms with Gasteiger partial charge in [-0.05, 0) is 42.0 Å². The third-order valence-corrected chi connectivity index (χ3v) is 6.34. The van der Waals surface area contributed by atoms with E-state index >= 15 is 0 Å². The van der Waals surface area contributed by atoms with Gasteiger partial charge >= 0.3 is 0 Å². The van der Waals surface area contributed by atoms with Gasteiger partial charge in [-0.1, -0.05) is 36.4 Å². The van der Waals surface area contributed by atoms with Crippen LogP contribution in [-0.2, 0) is 11.2 Å². The fourth-order valence-corrected chi connectivity index (χ4v) is 4.43. The molecule has 2 amide bonds. The van der Waals surface area contributed by atoms with Crippen LogP contribution in [0.2, 0.25) is 0 Å². The number of para-hydroxylation sites is 2. The van der Waals surface area contributed by atoms with Crippen LogP contribution >= 0.6 is 0 Å². The van der Waals surface area contributed by atoms with E-state index in [1.165, 1.54) is 6.07 Å². The maximum absolute atomic E-state index is 14.2. The summed E-state index contributed by atoms with van der Waals surface area (Å²) in [5, 5.41) is 3.56. The van der Waals surface area contributed by atoms with Crippen LogP contribution in [0.4, 0.5) is 15.8 Å². The van der Waals surface area contributed by atoms with Gasteiger partial charge in [0.2, 0.25) is 11.7 Å². The second kappa shape index (κ2) is 10.1. The zero-order chi connectivity index (χ0) is 25.1. The molecule has 2 heterocycles. The molecule has 1 aromatic heterocycles. The number of hydrogen-bond donors (Lipinski definition) is 1. The molecular formula is C28H26FN3O4. The van der Waals surface area contributed by atoms with E-state index in [0.29, 0.717) is 54.3 Å². The van der Waals surface area contributed by atoms with Crippen molar-refractivity contribution in [1.82, 2.24) is 4.90 Å². The largest absolute Gasteiger partial charge is 0.497 e. The number of fused-ring (bicyclic) bond motifs is 1. The molecule has 1 N–H and O–H groups in total. The first-order chi connectivity index (χ1) is 17.5. The molecule has 1 fully saturated rings. The van der Waals surface area contributed by atoms with Gasteiger partial charge in [-0.2, -0.15) is 0 Å². The summed E-state index contributed by atoms with van der Waals surface area (Å²) in [4.78, 5) is 30.0. The summed E-state index contributed by atoms with van der Waals surface area (Å²) in [6.45, 7) is 1.80. The molecule has 36 heavy (non-hydrogen) atoms. The van der Waals surface area contributed by atoms with Gasteiger partial charge in [0.15, 0.2) is 0 Å². The molecule has 1 aliphatic heterocycles. The minimum absolute atomic E-state index is 0.0959. The molecule has 0 atom stereocenters. The Kier molecular flexibility index (Phi) is 6.58. The molecule has 1 saturated heterocycles. The summed E-state index contributed by atoms with van der Waals surface area (Å²) < 4.78 is 25.3. The topological polar surface area (TPSA) is 75.0 Å². The minimum Gasteiger partial charge on any atom is -0.497 e. The number of benzene rings is 3. The molecule has 0 spiro atoms. The molecule has 184 valence electrons. The van der Waals surface area contributed by atoms with E-state index in [1.807, 2.05) is 35.2 Å². The van der Waals surface area contributed by atoms with Crippen molar-refractivity contribution in [3.05, 3.63) is 89.9 Å². The Morgan fingerprint density at radius 2 is 1.64 bits per heavy atom. The average molecular weight is 488 g/mol. The third kappa shape index (κ3) is 4.75. The van der Waals surface area contributed by atoms with Gasteiger partial charge in [-0.3, -0.25) is 9.59 Å². The van der Waals surface area contributed by atoms with E-state index in [1.54, 1.807) is 48.4 Å². The summed E-state index contributed by atoms with van der Waals surface area (Å²) in [6, 6.07) is 21.1. The molecule has 5 rings (SSSR count). The Bertz CT molecular complexity index is 1390. The molecular weight excluding hydrogens is 461 g/mol. The van der Waals surface area contributed by atoms with E-state index in [4.69, 9.17) is 9.15 Å². The molecule has 1 aliphatic rings. The van der Waals surface area contributed by atoms with Gasteiger partial charge in [-0.15, -0.1) is 0 Å². The SMILES string of the molecule is COc1ccc(CC(=O)Nc2c(C(=O)N3CCN(c4ccccc4F)CC3)oc3ccccc23)cc1. The van der Waals surface area contributed by atoms with Crippen LogP contribution < -0.4 is 15.0 Å². The molecule has 0 radical (unpaired) electrons. The van der Waals surface area contributed by atoms with Crippen molar-refractivity contribution in [2.75, 3.05) is 43.5 Å². The van der Waals surface area contributed by atoms with Gasteiger partial charge in [-0.25, -0.2) is 4.39 Å². The lowest BCUT2D eigenvalue weighted by atomic mass is 10.1. The number of piperazine rings is 1. The molecule has 0 saturated carbocycles. The number of carbonyl (C=O) groups is 2. The molecule has 7 nitrogen and oxygen atoms in total. The normalized spacial score (nSPS) is 13.6. The van der Waals surface area contributed by atoms with E-state index in [9.17, 15) is 14.0 Å². The highest BCUT2D eigenvalue weighted by molar-refractivity contribution is 6.11. The molecule has 3 aromatic carbocycles. The maximum Gasteiger partial charge on any atom is 0.291 e. The van der Waals surface area contributed by atoms with E-state index in [0.717, 1.165) is 5.56 Å². The number of methoxy groups -OCH3 is 1. The average Bonchev–Trinajstić information content (AvgIpc) is 3.27. The molecule has 0 unspecified atom stereocenters. The number of rotatable bonds is 6. The number of anilines is 2. The van der Waals surface area contributed by atoms with Crippen LogP contribution in [-0.4, -0.2) is 50.0 Å². The Labute approximate surface area is 208 Å². The van der Waals surface area contributed by atoms with Crippen LogP contribution in [0.3, 0.4) is 0 Å². The van der Waals surface area contributed by atoms with E-state index in [2.05, 4.69) is 5.32 Å². The van der Waals surface area contributed by atoms with Crippen molar-refractivity contribution in [2.24, 2.45) is 0 Å². The highest BCUT2D eigenvalue weighted by Crippen LogP contribution is 2.32. The lowest BCUT2D eigenvalue weighted by Crippen LogP contribution is -2.49. The van der Waals surface area contributed by atoms with Crippen molar-refractivity contribution in [1.29, 1.82) is 0 Å². The van der Waals surface area contributed by atoms with E-state index in [-0.39, 0.29) is 29.8 Å². The number of furan rings is 1. The van der Waals surface area contributed by atoms with Crippen LogP contribution in [0.15, 0.2) is 77.2 Å². The predicted molar refractivity (Wildman–Crippen MR) is 136 cm³/mol. The smallest absolute Gasteiger partial charge is 0.291 e. The molecule has 8 heteroatoms. The van der Waals surface area contributed by atoms with Crippen LogP contribution in [0.25, 0.3) is 11.0 Å².